The van der Waals surface area contributed by atoms with Gasteiger partial charge in [0.2, 0.25) is 0 Å². The summed E-state index contributed by atoms with van der Waals surface area (Å²) in [7, 11) is 0. The van der Waals surface area contributed by atoms with Crippen molar-refractivity contribution in [2.45, 2.75) is 12.5 Å². The topological polar surface area (TPSA) is 98.0 Å². The largest absolute Gasteiger partial charge is 0.489 e. The van der Waals surface area contributed by atoms with Gasteiger partial charge >= 0.3 is 12.0 Å². The maximum Gasteiger partial charge on any atom is 0.323 e. The van der Waals surface area contributed by atoms with Gasteiger partial charge in [0.05, 0.1) is 18.5 Å². The zero-order valence-corrected chi connectivity index (χ0v) is 15.6. The molecule has 8 heteroatoms. The van der Waals surface area contributed by atoms with Crippen molar-refractivity contribution in [3.05, 3.63) is 67.1 Å². The Balaban J connectivity index is 1.25. The molecule has 2 aromatic carbocycles. The van der Waals surface area contributed by atoms with E-state index in [1.807, 2.05) is 54.6 Å². The van der Waals surface area contributed by atoms with Crippen LogP contribution in [0.1, 0.15) is 6.42 Å². The third-order valence-corrected chi connectivity index (χ3v) is 4.30. The molecular formula is C21H20N4O4. The minimum absolute atomic E-state index is 0.135. The van der Waals surface area contributed by atoms with Crippen LogP contribution < -0.4 is 15.4 Å². The molecule has 3 aromatic rings. The Bertz CT molecular complexity index is 973. The molecule has 1 unspecified atom stereocenters. The van der Waals surface area contributed by atoms with E-state index < -0.39 is 6.03 Å². The fourth-order valence-electron chi connectivity index (χ4n) is 2.92. The molecule has 0 aliphatic carbocycles. The summed E-state index contributed by atoms with van der Waals surface area (Å²) in [5.41, 5.74) is 2.85. The van der Waals surface area contributed by atoms with Gasteiger partial charge in [0.1, 0.15) is 18.6 Å². The van der Waals surface area contributed by atoms with Gasteiger partial charge in [-0.2, -0.15) is 0 Å². The number of nitrogens with zero attached hydrogens (tertiary/aromatic N) is 2. The van der Waals surface area contributed by atoms with E-state index in [1.54, 1.807) is 0 Å². The molecule has 2 heterocycles. The number of benzene rings is 2. The molecule has 0 radical (unpaired) electrons. The van der Waals surface area contributed by atoms with Gasteiger partial charge in [0.25, 0.3) is 0 Å². The third kappa shape index (κ3) is 4.92. The summed E-state index contributed by atoms with van der Waals surface area (Å²) in [4.78, 5) is 21.0. The molecule has 1 aromatic heterocycles. The Morgan fingerprint density at radius 2 is 1.97 bits per heavy atom. The summed E-state index contributed by atoms with van der Waals surface area (Å²) in [6, 6.07) is 17.7. The van der Waals surface area contributed by atoms with E-state index >= 15 is 0 Å². The predicted molar refractivity (Wildman–Crippen MR) is 108 cm³/mol. The van der Waals surface area contributed by atoms with E-state index in [4.69, 9.17) is 14.0 Å². The summed E-state index contributed by atoms with van der Waals surface area (Å²) in [5.74, 6) is 0.791. The van der Waals surface area contributed by atoms with Crippen LogP contribution in [0.5, 0.6) is 5.75 Å². The molecule has 8 nitrogen and oxygen atoms in total. The van der Waals surface area contributed by atoms with Crippen LogP contribution >= 0.6 is 0 Å². The lowest BCUT2D eigenvalue weighted by Gasteiger charge is -2.14. The summed E-state index contributed by atoms with van der Waals surface area (Å²) in [6.07, 6.45) is 3.20. The van der Waals surface area contributed by atoms with Crippen LogP contribution in [0.3, 0.4) is 0 Å². The lowest BCUT2D eigenvalue weighted by Crippen LogP contribution is -2.33. The first-order valence-corrected chi connectivity index (χ1v) is 9.21. The Hall–Kier alpha value is -3.81. The normalized spacial score (nSPS) is 15.3. The molecule has 1 atom stereocenters. The van der Waals surface area contributed by atoms with Crippen LogP contribution in [0.4, 0.5) is 10.8 Å². The molecule has 0 bridgehead atoms. The molecular weight excluding hydrogens is 372 g/mol. The molecule has 1 aliphatic rings. The number of anilines is 1. The number of aromatic nitrogens is 1. The molecule has 0 spiro atoms. The average Bonchev–Trinajstić information content (AvgIpc) is 3.44. The Morgan fingerprint density at radius 1 is 1.14 bits per heavy atom. The Morgan fingerprint density at radius 3 is 2.79 bits per heavy atom. The van der Waals surface area contributed by atoms with Crippen molar-refractivity contribution in [1.82, 2.24) is 10.3 Å². The first-order chi connectivity index (χ1) is 14.3. The van der Waals surface area contributed by atoms with Crippen molar-refractivity contribution in [2.75, 3.05) is 18.5 Å². The highest BCUT2D eigenvalue weighted by molar-refractivity contribution is 5.93. The molecule has 0 saturated heterocycles. The number of urea groups is 1. The summed E-state index contributed by atoms with van der Waals surface area (Å²) in [6.45, 7) is 0.628. The molecule has 2 N–H and O–H groups in total. The smallest absolute Gasteiger partial charge is 0.323 e. The highest BCUT2D eigenvalue weighted by Gasteiger charge is 2.22. The van der Waals surface area contributed by atoms with Gasteiger partial charge in [0.15, 0.2) is 6.10 Å². The number of ether oxygens (including phenoxy) is 1. The quantitative estimate of drug-likeness (QED) is 0.639. The van der Waals surface area contributed by atoms with Crippen molar-refractivity contribution in [2.24, 2.45) is 5.16 Å². The third-order valence-electron chi connectivity index (χ3n) is 4.30. The van der Waals surface area contributed by atoms with Gasteiger partial charge in [-0.05, 0) is 11.6 Å². The van der Waals surface area contributed by atoms with Crippen LogP contribution in [0.2, 0.25) is 0 Å². The molecule has 29 heavy (non-hydrogen) atoms. The fraction of sp³-hybridized carbons (Fsp3) is 0.190. The minimum Gasteiger partial charge on any atom is -0.489 e. The molecule has 0 fully saturated rings. The summed E-state index contributed by atoms with van der Waals surface area (Å²) in [5, 5.41) is 9.20. The molecule has 148 valence electrons. The van der Waals surface area contributed by atoms with Gasteiger partial charge < -0.3 is 19.3 Å². The standard InChI is InChI=1S/C21H20N4O4/c26-20(24-21-22-10-11-27-21)23-13-16-12-17(29-25-16)14-28-19-9-5-4-8-18(19)15-6-2-1-3-7-15/h1-11,17H,12-14H2,(H2,22,23,24,26). The number of carbonyl (C=O) groups excluding carboxylic acids is 1. The van der Waals surface area contributed by atoms with Crippen molar-refractivity contribution in [1.29, 1.82) is 0 Å². The second-order valence-corrected chi connectivity index (χ2v) is 6.41. The number of oxazole rings is 1. The lowest BCUT2D eigenvalue weighted by molar-refractivity contribution is 0.0472. The van der Waals surface area contributed by atoms with Crippen LogP contribution in [0, 0.1) is 0 Å². The number of carbonyl (C=O) groups is 1. The predicted octanol–water partition coefficient (Wildman–Crippen LogP) is 3.69. The van der Waals surface area contributed by atoms with Gasteiger partial charge in [0, 0.05) is 12.0 Å². The molecule has 0 saturated carbocycles. The number of rotatable bonds is 7. The first-order valence-electron chi connectivity index (χ1n) is 9.21. The van der Waals surface area contributed by atoms with Gasteiger partial charge in [-0.1, -0.05) is 53.7 Å². The second kappa shape index (κ2) is 8.92. The highest BCUT2D eigenvalue weighted by atomic mass is 16.7. The van der Waals surface area contributed by atoms with Crippen molar-refractivity contribution in [3.63, 3.8) is 0 Å². The lowest BCUT2D eigenvalue weighted by atomic mass is 10.0. The number of nitrogens with one attached hydrogen (secondary N) is 2. The number of hydrogen-bond donors (Lipinski definition) is 2. The van der Waals surface area contributed by atoms with Gasteiger partial charge in [-0.15, -0.1) is 0 Å². The summed E-state index contributed by atoms with van der Waals surface area (Å²) >= 11 is 0. The van der Waals surface area contributed by atoms with Gasteiger partial charge in [-0.25, -0.2) is 9.78 Å². The minimum atomic E-state index is -0.424. The average molecular weight is 392 g/mol. The van der Waals surface area contributed by atoms with Crippen molar-refractivity contribution in [3.8, 4) is 16.9 Å². The second-order valence-electron chi connectivity index (χ2n) is 6.41. The Kier molecular flexibility index (Phi) is 5.70. The van der Waals surface area contributed by atoms with E-state index in [1.165, 1.54) is 12.5 Å². The van der Waals surface area contributed by atoms with Crippen molar-refractivity contribution >= 4 is 17.8 Å². The first kappa shape index (κ1) is 18.5. The summed E-state index contributed by atoms with van der Waals surface area (Å²) < 4.78 is 11.0. The van der Waals surface area contributed by atoms with Crippen molar-refractivity contribution < 1.29 is 18.8 Å². The number of amides is 2. The van der Waals surface area contributed by atoms with Crippen LogP contribution in [-0.4, -0.2) is 36.0 Å². The zero-order valence-electron chi connectivity index (χ0n) is 15.6. The SMILES string of the molecule is O=C(NCC1=NOC(COc2ccccc2-c2ccccc2)C1)Nc1ncco1. The van der Waals surface area contributed by atoms with Crippen LogP contribution in [-0.2, 0) is 4.84 Å². The zero-order chi connectivity index (χ0) is 19.9. The highest BCUT2D eigenvalue weighted by Crippen LogP contribution is 2.30. The monoisotopic (exact) mass is 392 g/mol. The molecule has 1 aliphatic heterocycles. The van der Waals surface area contributed by atoms with E-state index in [-0.39, 0.29) is 18.7 Å². The maximum atomic E-state index is 11.8. The molecule has 2 amide bonds. The van der Waals surface area contributed by atoms with E-state index in [0.717, 1.165) is 22.6 Å². The Labute approximate surface area is 167 Å². The number of para-hydroxylation sites is 1. The molecule has 4 rings (SSSR count). The maximum absolute atomic E-state index is 11.8. The van der Waals surface area contributed by atoms with Crippen LogP contribution in [0.15, 0.2) is 76.6 Å². The van der Waals surface area contributed by atoms with E-state index in [2.05, 4.69) is 20.8 Å². The number of oxime groups is 1. The number of hydrogen-bond acceptors (Lipinski definition) is 6. The van der Waals surface area contributed by atoms with E-state index in [9.17, 15) is 4.79 Å². The van der Waals surface area contributed by atoms with Gasteiger partial charge in [-0.3, -0.25) is 5.32 Å². The fourth-order valence-corrected chi connectivity index (χ4v) is 2.92. The van der Waals surface area contributed by atoms with Crippen LogP contribution in [0.25, 0.3) is 11.1 Å². The van der Waals surface area contributed by atoms with E-state index in [0.29, 0.717) is 13.0 Å².